The molecule has 0 radical (unpaired) electrons. The number of nitro benzene ring substituents is 1. The van der Waals surface area contributed by atoms with Crippen molar-refractivity contribution in [3.63, 3.8) is 0 Å². The molecule has 0 saturated heterocycles. The third kappa shape index (κ3) is 4.51. The van der Waals surface area contributed by atoms with E-state index < -0.39 is 22.7 Å². The van der Waals surface area contributed by atoms with Gasteiger partial charge in [-0.1, -0.05) is 0 Å². The molecular formula is C15H17N3O6. The normalized spacial score (nSPS) is 19.0. The molecule has 0 unspecified atom stereocenters. The van der Waals surface area contributed by atoms with Crippen molar-refractivity contribution in [2.45, 2.75) is 25.3 Å². The van der Waals surface area contributed by atoms with Crippen molar-refractivity contribution in [3.05, 3.63) is 39.9 Å². The zero-order valence-electron chi connectivity index (χ0n) is 12.7. The number of benzene rings is 1. The highest BCUT2D eigenvalue weighted by Gasteiger charge is 2.35. The Kier molecular flexibility index (Phi) is 5.46. The number of carboxylic acid groups (broad SMARTS) is 1. The lowest BCUT2D eigenvalue weighted by molar-refractivity contribution is -0.384. The molecule has 0 spiro atoms. The van der Waals surface area contributed by atoms with Crippen molar-refractivity contribution in [2.24, 2.45) is 5.92 Å². The lowest BCUT2D eigenvalue weighted by atomic mass is 9.80. The maximum Gasteiger partial charge on any atom is 0.306 e. The van der Waals surface area contributed by atoms with Gasteiger partial charge < -0.3 is 15.7 Å². The molecule has 1 saturated carbocycles. The first-order valence-electron chi connectivity index (χ1n) is 7.41. The van der Waals surface area contributed by atoms with Crippen LogP contribution in [0.1, 0.15) is 29.6 Å². The summed E-state index contributed by atoms with van der Waals surface area (Å²) in [4.78, 5) is 44.1. The quantitative estimate of drug-likeness (QED) is 0.495. The standard InChI is InChI=1S/C15H17N3O6/c19-13(17-11-7-10(8-11)15(21)22)5-6-16-14(20)9-1-3-12(4-2-9)18(23)24/h1-4,10-11H,5-8H2,(H,16,20)(H,17,19)(H,21,22). The van der Waals surface area contributed by atoms with Gasteiger partial charge in [0.25, 0.3) is 11.6 Å². The molecule has 1 fully saturated rings. The fourth-order valence-electron chi connectivity index (χ4n) is 2.36. The minimum atomic E-state index is -0.851. The van der Waals surface area contributed by atoms with Crippen molar-refractivity contribution < 1.29 is 24.4 Å². The molecule has 2 amide bonds. The summed E-state index contributed by atoms with van der Waals surface area (Å²) < 4.78 is 0. The number of nitro groups is 1. The van der Waals surface area contributed by atoms with Gasteiger partial charge in [0.2, 0.25) is 5.91 Å². The first-order valence-corrected chi connectivity index (χ1v) is 7.41. The Balaban J connectivity index is 1.68. The number of nitrogens with zero attached hydrogens (tertiary/aromatic N) is 1. The molecule has 0 atom stereocenters. The van der Waals surface area contributed by atoms with E-state index in [1.807, 2.05) is 0 Å². The monoisotopic (exact) mass is 335 g/mol. The smallest absolute Gasteiger partial charge is 0.306 e. The Labute approximate surface area is 137 Å². The second-order valence-electron chi connectivity index (χ2n) is 5.58. The SMILES string of the molecule is O=C(CCNC(=O)c1ccc([N+](=O)[O-])cc1)NC1CC(C(=O)O)C1. The maximum absolute atomic E-state index is 11.8. The number of rotatable bonds is 7. The first-order chi connectivity index (χ1) is 11.4. The lowest BCUT2D eigenvalue weighted by Gasteiger charge is -2.32. The summed E-state index contributed by atoms with van der Waals surface area (Å²) in [5.41, 5.74) is 0.162. The third-order valence-corrected chi connectivity index (χ3v) is 3.83. The summed E-state index contributed by atoms with van der Waals surface area (Å²) in [5, 5.41) is 24.5. The van der Waals surface area contributed by atoms with Crippen LogP contribution < -0.4 is 10.6 Å². The molecule has 9 nitrogen and oxygen atoms in total. The van der Waals surface area contributed by atoms with E-state index in [-0.39, 0.29) is 36.2 Å². The molecule has 2 rings (SSSR count). The molecule has 0 bridgehead atoms. The maximum atomic E-state index is 11.8. The van der Waals surface area contributed by atoms with Gasteiger partial charge in [-0.2, -0.15) is 0 Å². The number of aliphatic carboxylic acids is 1. The molecule has 1 aromatic rings. The molecule has 0 aromatic heterocycles. The summed E-state index contributed by atoms with van der Waals surface area (Å²) >= 11 is 0. The summed E-state index contributed by atoms with van der Waals surface area (Å²) in [7, 11) is 0. The van der Waals surface area contributed by atoms with Crippen LogP contribution in [-0.2, 0) is 9.59 Å². The van der Waals surface area contributed by atoms with Crippen LogP contribution in [0.3, 0.4) is 0 Å². The van der Waals surface area contributed by atoms with Gasteiger partial charge in [0.05, 0.1) is 10.8 Å². The molecule has 0 aliphatic heterocycles. The van der Waals surface area contributed by atoms with E-state index >= 15 is 0 Å². The molecule has 128 valence electrons. The second kappa shape index (κ2) is 7.53. The second-order valence-corrected chi connectivity index (χ2v) is 5.58. The van der Waals surface area contributed by atoms with Crippen molar-refractivity contribution in [1.29, 1.82) is 0 Å². The molecule has 9 heteroatoms. The Hall–Kier alpha value is -2.97. The first kappa shape index (κ1) is 17.4. The highest BCUT2D eigenvalue weighted by atomic mass is 16.6. The van der Waals surface area contributed by atoms with Crippen LogP contribution in [0.15, 0.2) is 24.3 Å². The van der Waals surface area contributed by atoms with Crippen LogP contribution in [0, 0.1) is 16.0 Å². The molecule has 0 heterocycles. The van der Waals surface area contributed by atoms with Crippen molar-refractivity contribution in [3.8, 4) is 0 Å². The van der Waals surface area contributed by atoms with Gasteiger partial charge in [-0.15, -0.1) is 0 Å². The molecule has 24 heavy (non-hydrogen) atoms. The van der Waals surface area contributed by atoms with Gasteiger partial charge in [-0.3, -0.25) is 24.5 Å². The number of carbonyl (C=O) groups excluding carboxylic acids is 2. The summed E-state index contributed by atoms with van der Waals surface area (Å²) in [6.45, 7) is 0.122. The molecule has 1 aliphatic rings. The van der Waals surface area contributed by atoms with Gasteiger partial charge in [0.1, 0.15) is 0 Å². The van der Waals surface area contributed by atoms with Crippen molar-refractivity contribution >= 4 is 23.5 Å². The average Bonchev–Trinajstić information content (AvgIpc) is 2.50. The van der Waals surface area contributed by atoms with Gasteiger partial charge in [-0.05, 0) is 25.0 Å². The number of amides is 2. The summed E-state index contributed by atoms with van der Waals surface area (Å²) in [5.74, 6) is -1.92. The van der Waals surface area contributed by atoms with E-state index in [0.29, 0.717) is 12.8 Å². The zero-order valence-corrected chi connectivity index (χ0v) is 12.7. The number of non-ortho nitro benzene ring substituents is 1. The number of carboxylic acids is 1. The Morgan fingerprint density at radius 1 is 1.21 bits per heavy atom. The number of carbonyl (C=O) groups is 3. The minimum Gasteiger partial charge on any atom is -0.481 e. The molecule has 3 N–H and O–H groups in total. The van der Waals surface area contributed by atoms with Crippen LogP contribution in [-0.4, -0.2) is 40.4 Å². The third-order valence-electron chi connectivity index (χ3n) is 3.83. The fourth-order valence-corrected chi connectivity index (χ4v) is 2.36. The molecule has 1 aliphatic carbocycles. The highest BCUT2D eigenvalue weighted by Crippen LogP contribution is 2.27. The number of hydrogen-bond donors (Lipinski definition) is 3. The summed E-state index contributed by atoms with van der Waals surface area (Å²) in [6.07, 6.45) is 0.930. The average molecular weight is 335 g/mol. The van der Waals surface area contributed by atoms with Crippen molar-refractivity contribution in [2.75, 3.05) is 6.54 Å². The Morgan fingerprint density at radius 2 is 1.83 bits per heavy atom. The van der Waals surface area contributed by atoms with E-state index in [9.17, 15) is 24.5 Å². The van der Waals surface area contributed by atoms with Gasteiger partial charge in [0.15, 0.2) is 0 Å². The van der Waals surface area contributed by atoms with E-state index in [1.54, 1.807) is 0 Å². The number of hydrogen-bond acceptors (Lipinski definition) is 5. The topological polar surface area (TPSA) is 139 Å². The van der Waals surface area contributed by atoms with Crippen molar-refractivity contribution in [1.82, 2.24) is 10.6 Å². The van der Waals surface area contributed by atoms with Crippen LogP contribution in [0.25, 0.3) is 0 Å². The Morgan fingerprint density at radius 3 is 2.38 bits per heavy atom. The van der Waals surface area contributed by atoms with E-state index in [0.717, 1.165) is 0 Å². The molecule has 1 aromatic carbocycles. The predicted octanol–water partition coefficient (Wildman–Crippen LogP) is 0.694. The van der Waals surface area contributed by atoms with Gasteiger partial charge in [0, 0.05) is 36.7 Å². The highest BCUT2D eigenvalue weighted by molar-refractivity contribution is 5.94. The van der Waals surface area contributed by atoms with E-state index in [1.165, 1.54) is 24.3 Å². The largest absolute Gasteiger partial charge is 0.481 e. The number of nitrogens with one attached hydrogen (secondary N) is 2. The van der Waals surface area contributed by atoms with Crippen LogP contribution in [0.4, 0.5) is 5.69 Å². The van der Waals surface area contributed by atoms with Crippen LogP contribution in [0.5, 0.6) is 0 Å². The van der Waals surface area contributed by atoms with Gasteiger partial charge >= 0.3 is 5.97 Å². The van der Waals surface area contributed by atoms with E-state index in [2.05, 4.69) is 10.6 Å². The van der Waals surface area contributed by atoms with E-state index in [4.69, 9.17) is 5.11 Å². The molecular weight excluding hydrogens is 318 g/mol. The Bertz CT molecular complexity index is 652. The fraction of sp³-hybridized carbons (Fsp3) is 0.400. The van der Waals surface area contributed by atoms with Crippen LogP contribution in [0.2, 0.25) is 0 Å². The van der Waals surface area contributed by atoms with Gasteiger partial charge in [-0.25, -0.2) is 0 Å². The minimum absolute atomic E-state index is 0.0763. The summed E-state index contributed by atoms with van der Waals surface area (Å²) in [6, 6.07) is 5.03. The zero-order chi connectivity index (χ0) is 17.7. The predicted molar refractivity (Wildman–Crippen MR) is 82.3 cm³/mol. The lowest BCUT2D eigenvalue weighted by Crippen LogP contribution is -2.47. The van der Waals surface area contributed by atoms with Crippen LogP contribution >= 0.6 is 0 Å².